The van der Waals surface area contributed by atoms with Crippen molar-refractivity contribution in [3.05, 3.63) is 53.5 Å². The quantitative estimate of drug-likeness (QED) is 0.611. The Morgan fingerprint density at radius 1 is 1.19 bits per heavy atom. The fourth-order valence-corrected chi connectivity index (χ4v) is 2.97. The van der Waals surface area contributed by atoms with Crippen molar-refractivity contribution in [1.29, 1.82) is 0 Å². The summed E-state index contributed by atoms with van der Waals surface area (Å²) in [6.45, 7) is 7.93. The second-order valence-electron chi connectivity index (χ2n) is 6.38. The van der Waals surface area contributed by atoms with E-state index in [1.807, 2.05) is 66.8 Å². The summed E-state index contributed by atoms with van der Waals surface area (Å²) in [5.41, 5.74) is 2.83. The molecule has 0 fully saturated rings. The SMILES string of the molecule is CCN(Cc1ccccc1)C(=O)CCc1nnc(-c2cc(C)nn2CC)o1. The molecule has 0 saturated carbocycles. The van der Waals surface area contributed by atoms with Gasteiger partial charge in [0.25, 0.3) is 5.89 Å². The first kappa shape index (κ1) is 18.8. The third kappa shape index (κ3) is 4.61. The van der Waals surface area contributed by atoms with Crippen LogP contribution in [0.15, 0.2) is 40.8 Å². The molecule has 0 saturated heterocycles. The van der Waals surface area contributed by atoms with E-state index in [1.54, 1.807) is 0 Å². The molecule has 27 heavy (non-hydrogen) atoms. The van der Waals surface area contributed by atoms with Crippen LogP contribution in [0.1, 0.15) is 37.4 Å². The number of aryl methyl sites for hydroxylation is 3. The van der Waals surface area contributed by atoms with Gasteiger partial charge in [-0.15, -0.1) is 10.2 Å². The maximum atomic E-state index is 12.6. The largest absolute Gasteiger partial charge is 0.419 e. The number of aromatic nitrogens is 4. The third-order valence-corrected chi connectivity index (χ3v) is 4.39. The van der Waals surface area contributed by atoms with Gasteiger partial charge in [0.15, 0.2) is 0 Å². The van der Waals surface area contributed by atoms with E-state index < -0.39 is 0 Å². The van der Waals surface area contributed by atoms with E-state index >= 15 is 0 Å². The van der Waals surface area contributed by atoms with Gasteiger partial charge in [0.1, 0.15) is 5.69 Å². The van der Waals surface area contributed by atoms with Gasteiger partial charge in [0.2, 0.25) is 11.8 Å². The smallest absolute Gasteiger partial charge is 0.265 e. The van der Waals surface area contributed by atoms with Crippen molar-refractivity contribution in [2.24, 2.45) is 0 Å². The molecule has 0 aliphatic rings. The maximum absolute atomic E-state index is 12.6. The van der Waals surface area contributed by atoms with Crippen molar-refractivity contribution in [1.82, 2.24) is 24.9 Å². The summed E-state index contributed by atoms with van der Waals surface area (Å²) in [4.78, 5) is 14.4. The Hall–Kier alpha value is -2.96. The Bertz CT molecular complexity index is 885. The van der Waals surface area contributed by atoms with Crippen LogP contribution in [0, 0.1) is 6.92 Å². The van der Waals surface area contributed by atoms with Gasteiger partial charge >= 0.3 is 0 Å². The Kier molecular flexibility index (Phi) is 6.01. The predicted octanol–water partition coefficient (Wildman–Crippen LogP) is 3.24. The summed E-state index contributed by atoms with van der Waals surface area (Å²) in [6.07, 6.45) is 0.769. The molecule has 7 nitrogen and oxygen atoms in total. The highest BCUT2D eigenvalue weighted by molar-refractivity contribution is 5.76. The molecule has 0 aliphatic carbocycles. The van der Waals surface area contributed by atoms with E-state index in [4.69, 9.17) is 4.42 Å². The minimum atomic E-state index is 0.0792. The lowest BCUT2D eigenvalue weighted by Crippen LogP contribution is -2.30. The van der Waals surface area contributed by atoms with Crippen LogP contribution in [-0.2, 0) is 24.3 Å². The molecule has 2 aromatic heterocycles. The summed E-state index contributed by atoms with van der Waals surface area (Å²) in [7, 11) is 0. The number of rotatable bonds is 8. The van der Waals surface area contributed by atoms with E-state index in [0.29, 0.717) is 37.7 Å². The molecule has 0 atom stereocenters. The topological polar surface area (TPSA) is 77.1 Å². The summed E-state index contributed by atoms with van der Waals surface area (Å²) >= 11 is 0. The van der Waals surface area contributed by atoms with Crippen LogP contribution in [0.4, 0.5) is 0 Å². The highest BCUT2D eigenvalue weighted by Gasteiger charge is 2.17. The maximum Gasteiger partial charge on any atom is 0.265 e. The van der Waals surface area contributed by atoms with Crippen LogP contribution in [-0.4, -0.2) is 37.3 Å². The van der Waals surface area contributed by atoms with Gasteiger partial charge in [-0.3, -0.25) is 9.48 Å². The number of benzene rings is 1. The lowest BCUT2D eigenvalue weighted by Gasteiger charge is -2.20. The van der Waals surface area contributed by atoms with Crippen molar-refractivity contribution in [2.75, 3.05) is 6.54 Å². The number of nitrogens with zero attached hydrogens (tertiary/aromatic N) is 5. The van der Waals surface area contributed by atoms with Gasteiger partial charge in [-0.25, -0.2) is 0 Å². The van der Waals surface area contributed by atoms with Crippen molar-refractivity contribution < 1.29 is 9.21 Å². The molecule has 0 aliphatic heterocycles. The van der Waals surface area contributed by atoms with Crippen molar-refractivity contribution >= 4 is 5.91 Å². The van der Waals surface area contributed by atoms with E-state index in [0.717, 1.165) is 23.5 Å². The Labute approximate surface area is 159 Å². The average Bonchev–Trinajstić information content (AvgIpc) is 3.31. The number of carbonyl (C=O) groups is 1. The van der Waals surface area contributed by atoms with Crippen LogP contribution >= 0.6 is 0 Å². The first-order valence-electron chi connectivity index (χ1n) is 9.29. The third-order valence-electron chi connectivity index (χ3n) is 4.39. The highest BCUT2D eigenvalue weighted by atomic mass is 16.4. The molecule has 0 spiro atoms. The zero-order valence-electron chi connectivity index (χ0n) is 16.1. The fraction of sp³-hybridized carbons (Fsp3) is 0.400. The van der Waals surface area contributed by atoms with Gasteiger partial charge in [-0.2, -0.15) is 5.10 Å². The van der Waals surface area contributed by atoms with E-state index in [2.05, 4.69) is 15.3 Å². The van der Waals surface area contributed by atoms with Crippen molar-refractivity contribution in [3.63, 3.8) is 0 Å². The first-order valence-corrected chi connectivity index (χ1v) is 9.29. The summed E-state index contributed by atoms with van der Waals surface area (Å²) in [6, 6.07) is 11.9. The predicted molar refractivity (Wildman–Crippen MR) is 102 cm³/mol. The summed E-state index contributed by atoms with van der Waals surface area (Å²) < 4.78 is 7.58. The van der Waals surface area contributed by atoms with Crippen molar-refractivity contribution in [3.8, 4) is 11.6 Å². The van der Waals surface area contributed by atoms with Crippen LogP contribution in [0.3, 0.4) is 0 Å². The summed E-state index contributed by atoms with van der Waals surface area (Å²) in [5.74, 6) is 0.989. The molecular weight excluding hydrogens is 342 g/mol. The monoisotopic (exact) mass is 367 g/mol. The molecule has 142 valence electrons. The highest BCUT2D eigenvalue weighted by Crippen LogP contribution is 2.20. The van der Waals surface area contributed by atoms with Crippen LogP contribution in [0.25, 0.3) is 11.6 Å². The second kappa shape index (κ2) is 8.62. The number of hydrogen-bond acceptors (Lipinski definition) is 5. The fourth-order valence-electron chi connectivity index (χ4n) is 2.97. The molecule has 3 rings (SSSR count). The Morgan fingerprint density at radius 3 is 2.67 bits per heavy atom. The van der Waals surface area contributed by atoms with E-state index in [-0.39, 0.29) is 5.91 Å². The second-order valence-corrected chi connectivity index (χ2v) is 6.38. The average molecular weight is 367 g/mol. The Balaban J connectivity index is 1.61. The Morgan fingerprint density at radius 2 is 1.96 bits per heavy atom. The number of carbonyl (C=O) groups excluding carboxylic acids is 1. The van der Waals surface area contributed by atoms with Crippen LogP contribution < -0.4 is 0 Å². The van der Waals surface area contributed by atoms with Gasteiger partial charge in [0.05, 0.1) is 5.69 Å². The molecule has 0 bridgehead atoms. The molecule has 1 aromatic carbocycles. The number of hydrogen-bond donors (Lipinski definition) is 0. The van der Waals surface area contributed by atoms with Crippen molar-refractivity contribution in [2.45, 2.75) is 46.7 Å². The molecular formula is C20H25N5O2. The molecule has 0 radical (unpaired) electrons. The zero-order valence-corrected chi connectivity index (χ0v) is 16.1. The van der Waals surface area contributed by atoms with E-state index in [1.165, 1.54) is 0 Å². The molecule has 3 aromatic rings. The number of amides is 1. The van der Waals surface area contributed by atoms with Gasteiger partial charge in [0, 0.05) is 32.5 Å². The van der Waals surface area contributed by atoms with Gasteiger partial charge in [-0.1, -0.05) is 30.3 Å². The van der Waals surface area contributed by atoms with Crippen LogP contribution in [0.2, 0.25) is 0 Å². The lowest BCUT2D eigenvalue weighted by atomic mass is 10.2. The van der Waals surface area contributed by atoms with Gasteiger partial charge < -0.3 is 9.32 Å². The molecule has 2 heterocycles. The molecule has 7 heteroatoms. The molecule has 1 amide bonds. The van der Waals surface area contributed by atoms with Gasteiger partial charge in [-0.05, 0) is 32.4 Å². The minimum Gasteiger partial charge on any atom is -0.419 e. The lowest BCUT2D eigenvalue weighted by molar-refractivity contribution is -0.131. The minimum absolute atomic E-state index is 0.0792. The molecule has 0 N–H and O–H groups in total. The van der Waals surface area contributed by atoms with E-state index in [9.17, 15) is 4.79 Å². The first-order chi connectivity index (χ1) is 13.1. The normalized spacial score (nSPS) is 10.9. The standard InChI is InChI=1S/C20H25N5O2/c1-4-24(14-16-9-7-6-8-10-16)19(26)12-11-18-21-22-20(27-18)17-13-15(3)23-25(17)5-2/h6-10,13H,4-5,11-12,14H2,1-3H3. The van der Waals surface area contributed by atoms with Crippen LogP contribution in [0.5, 0.6) is 0 Å². The molecule has 0 unspecified atom stereocenters. The zero-order chi connectivity index (χ0) is 19.2. The summed E-state index contributed by atoms with van der Waals surface area (Å²) in [5, 5.41) is 12.6.